The second-order valence-electron chi connectivity index (χ2n) is 7.51. The van der Waals surface area contributed by atoms with Crippen molar-refractivity contribution >= 4 is 54.4 Å². The van der Waals surface area contributed by atoms with Gasteiger partial charge in [0, 0.05) is 0 Å². The maximum absolute atomic E-state index is 12.4. The highest BCUT2D eigenvalue weighted by atomic mass is 31.3. The summed E-state index contributed by atoms with van der Waals surface area (Å²) >= 11 is 0. The summed E-state index contributed by atoms with van der Waals surface area (Å²) in [6.07, 6.45) is -6.87. The number of phosphoric ester groups is 2. The quantitative estimate of drug-likeness (QED) is 0.0690. The summed E-state index contributed by atoms with van der Waals surface area (Å²) in [6.45, 7) is -2.71. The number of phosphoric acid groups is 4. The zero-order valence-corrected chi connectivity index (χ0v) is 23.3. The minimum Gasteiger partial charge on any atom is -0.450 e. The van der Waals surface area contributed by atoms with Gasteiger partial charge in [0.25, 0.3) is 0 Å². The van der Waals surface area contributed by atoms with Crippen LogP contribution in [0.3, 0.4) is 0 Å². The van der Waals surface area contributed by atoms with Crippen molar-refractivity contribution in [3.63, 3.8) is 0 Å². The van der Waals surface area contributed by atoms with Crippen molar-refractivity contribution < 1.29 is 89.4 Å². The summed E-state index contributed by atoms with van der Waals surface area (Å²) in [5.74, 6) is -0.0740. The van der Waals surface area contributed by atoms with Gasteiger partial charge in [-0.15, -0.1) is 0 Å². The fraction of sp³-hybridized carbons (Fsp3) is 0.538. The highest BCUT2D eigenvalue weighted by Gasteiger charge is 2.51. The lowest BCUT2D eigenvalue weighted by Crippen LogP contribution is -2.36. The number of hydrogen-bond donors (Lipinski definition) is 8. The first-order valence-electron chi connectivity index (χ1n) is 10.4. The van der Waals surface area contributed by atoms with Gasteiger partial charge in [0.2, 0.25) is 0 Å². The molecule has 0 aliphatic carbocycles. The number of carbonyl (C=O) groups is 1. The van der Waals surface area contributed by atoms with Gasteiger partial charge in [0.05, 0.1) is 19.5 Å². The zero-order chi connectivity index (χ0) is 30.8. The normalized spacial score (nSPS) is 25.8. The molecule has 41 heavy (non-hydrogen) atoms. The molecule has 1 aliphatic rings. The molecule has 0 amide bonds. The molecule has 3 rings (SSSR count). The van der Waals surface area contributed by atoms with E-state index in [1.54, 1.807) is 0 Å². The number of anilines is 1. The smallest absolute Gasteiger partial charge is 0.450 e. The van der Waals surface area contributed by atoms with Crippen LogP contribution in [0.5, 0.6) is 0 Å². The molecule has 1 fully saturated rings. The van der Waals surface area contributed by atoms with Crippen LogP contribution in [0.4, 0.5) is 10.6 Å². The fourth-order valence-corrected chi connectivity index (χ4v) is 7.17. The summed E-state index contributed by atoms with van der Waals surface area (Å²) in [5.41, 5.74) is 5.76. The molecule has 0 saturated carbocycles. The van der Waals surface area contributed by atoms with Crippen molar-refractivity contribution in [2.45, 2.75) is 24.5 Å². The van der Waals surface area contributed by atoms with Crippen LogP contribution in [-0.2, 0) is 49.9 Å². The maximum Gasteiger partial charge on any atom is 0.505 e. The Morgan fingerprint density at radius 3 is 2.29 bits per heavy atom. The third kappa shape index (κ3) is 9.53. The number of rotatable bonds is 14. The molecule has 232 valence electrons. The molecule has 0 radical (unpaired) electrons. The molecule has 7 atom stereocenters. The summed E-state index contributed by atoms with van der Waals surface area (Å²) in [6, 6.07) is 0. The van der Waals surface area contributed by atoms with Crippen LogP contribution >= 0.6 is 31.3 Å². The Balaban J connectivity index is 1.82. The topological polar surface area (TPSA) is 361 Å². The van der Waals surface area contributed by atoms with Gasteiger partial charge in [-0.3, -0.25) is 18.1 Å². The van der Waals surface area contributed by atoms with Gasteiger partial charge in [-0.25, -0.2) is 38.0 Å². The summed E-state index contributed by atoms with van der Waals surface area (Å²) < 4.78 is 78.8. The number of aliphatic hydroxyl groups is 1. The first-order valence-corrected chi connectivity index (χ1v) is 16.4. The van der Waals surface area contributed by atoms with E-state index in [0.717, 1.165) is 17.2 Å². The molecule has 0 spiro atoms. The fourth-order valence-electron chi connectivity index (χ4n) is 3.21. The molecule has 3 unspecified atom stereocenters. The first-order chi connectivity index (χ1) is 18.8. The van der Waals surface area contributed by atoms with Gasteiger partial charge in [0.15, 0.2) is 17.7 Å². The van der Waals surface area contributed by atoms with Crippen molar-refractivity contribution in [3.8, 4) is 0 Å². The predicted molar refractivity (Wildman–Crippen MR) is 124 cm³/mol. The van der Waals surface area contributed by atoms with Crippen LogP contribution < -0.4 is 5.73 Å². The van der Waals surface area contributed by atoms with E-state index >= 15 is 0 Å². The molecule has 28 heteroatoms. The molecule has 0 aromatic carbocycles. The van der Waals surface area contributed by atoms with E-state index in [0.29, 0.717) is 0 Å². The van der Waals surface area contributed by atoms with Crippen molar-refractivity contribution in [3.05, 3.63) is 12.7 Å². The van der Waals surface area contributed by atoms with E-state index < -0.39 is 81.8 Å². The van der Waals surface area contributed by atoms with Crippen LogP contribution in [0.2, 0.25) is 0 Å². The third-order valence-electron chi connectivity index (χ3n) is 4.61. The number of nitrogens with two attached hydrogens (primary N) is 1. The molecular formula is C13H21N5O19P4. The summed E-state index contributed by atoms with van der Waals surface area (Å²) in [4.78, 5) is 68.4. The molecule has 24 nitrogen and oxygen atoms in total. The van der Waals surface area contributed by atoms with Crippen molar-refractivity contribution in [1.82, 2.24) is 19.5 Å². The molecule has 2 aromatic rings. The van der Waals surface area contributed by atoms with E-state index in [1.807, 2.05) is 0 Å². The maximum atomic E-state index is 12.4. The summed E-state index contributed by atoms with van der Waals surface area (Å²) in [5, 5.41) is 19.3. The number of aliphatic hydroxyl groups excluding tert-OH is 1. The Labute approximate surface area is 226 Å². The molecule has 9 N–H and O–H groups in total. The predicted octanol–water partition coefficient (Wildman–Crippen LogP) is -0.793. The Morgan fingerprint density at radius 2 is 1.66 bits per heavy atom. The highest BCUT2D eigenvalue weighted by molar-refractivity contribution is 7.66. The van der Waals surface area contributed by atoms with E-state index in [1.165, 1.54) is 0 Å². The lowest BCUT2D eigenvalue weighted by atomic mass is 10.1. The van der Waals surface area contributed by atoms with Crippen LogP contribution in [0.1, 0.15) is 6.23 Å². The van der Waals surface area contributed by atoms with Gasteiger partial charge in [0.1, 0.15) is 36.8 Å². The number of nitrogens with zero attached hydrogens (tertiary/aromatic N) is 4. The average molecular weight is 675 g/mol. The molecule has 0 bridgehead atoms. The van der Waals surface area contributed by atoms with E-state index in [-0.39, 0.29) is 17.0 Å². The van der Waals surface area contributed by atoms with Gasteiger partial charge < -0.3 is 49.9 Å². The van der Waals surface area contributed by atoms with E-state index in [4.69, 9.17) is 29.9 Å². The van der Waals surface area contributed by atoms with Crippen LogP contribution in [-0.4, -0.2) is 98.5 Å². The van der Waals surface area contributed by atoms with E-state index in [2.05, 4.69) is 37.4 Å². The van der Waals surface area contributed by atoms with Gasteiger partial charge >= 0.3 is 37.4 Å². The third-order valence-corrected chi connectivity index (χ3v) is 9.43. The number of fused-ring (bicyclic) bond motifs is 1. The van der Waals surface area contributed by atoms with Gasteiger partial charge in [-0.2, -0.15) is 8.62 Å². The number of carboxylic acid groups (broad SMARTS) is 1. The lowest BCUT2D eigenvalue weighted by molar-refractivity contribution is -0.0504. The highest BCUT2D eigenvalue weighted by Crippen LogP contribution is 2.66. The van der Waals surface area contributed by atoms with Crippen LogP contribution in [0, 0.1) is 0 Å². The van der Waals surface area contributed by atoms with Crippen molar-refractivity contribution in [1.29, 1.82) is 0 Å². The molecule has 2 aromatic heterocycles. The molecule has 3 heterocycles. The standard InChI is InChI=1S/C13H21N5O19P4/c14-10-7-11(16-4-15-10)18(5-17-7)12-8(19)9(35-39(25,26)32-2-1-31-13(20)21)6(34-12)3-33-40(27,28)37-41(29,30)36-38(22,23)24/h4-6,8-9,12,19H,1-3H2,(H,20,21)(H,25,26)(H,27,28)(H,29,30)(H2,14,15,16)(H2,22,23,24)/t6-,8-,9-,12-/m1/s1. The SMILES string of the molecule is Nc1ncnc2c1ncn2[C@@H]1O[C@H](COP(=O)(O)OP(=O)(O)OP(=O)(O)O)[C@@H](OP(=O)(O)OCCOC(=O)O)[C@H]1O. The number of aromatic nitrogens is 4. The van der Waals surface area contributed by atoms with Crippen molar-refractivity contribution in [2.24, 2.45) is 0 Å². The average Bonchev–Trinajstić information content (AvgIpc) is 3.35. The second kappa shape index (κ2) is 12.7. The summed E-state index contributed by atoms with van der Waals surface area (Å²) in [7, 11) is -22.4. The zero-order valence-electron chi connectivity index (χ0n) is 19.8. The Bertz CT molecular complexity index is 1450. The minimum absolute atomic E-state index is 0.0110. The lowest BCUT2D eigenvalue weighted by Gasteiger charge is -2.23. The first kappa shape index (κ1) is 33.6. The van der Waals surface area contributed by atoms with Crippen LogP contribution in [0.25, 0.3) is 11.2 Å². The number of ether oxygens (including phenoxy) is 2. The molecule has 1 saturated heterocycles. The molecule has 1 aliphatic heterocycles. The number of imidazole rings is 1. The van der Waals surface area contributed by atoms with Crippen molar-refractivity contribution in [2.75, 3.05) is 25.6 Å². The number of nitrogen functional groups attached to an aromatic ring is 1. The second-order valence-corrected chi connectivity index (χ2v) is 13.3. The van der Waals surface area contributed by atoms with Gasteiger partial charge in [-0.1, -0.05) is 0 Å². The Hall–Kier alpha value is -1.94. The monoisotopic (exact) mass is 675 g/mol. The Morgan fingerprint density at radius 1 is 0.976 bits per heavy atom. The van der Waals surface area contributed by atoms with E-state index in [9.17, 15) is 42.8 Å². The van der Waals surface area contributed by atoms with Crippen LogP contribution in [0.15, 0.2) is 12.7 Å². The molecular weight excluding hydrogens is 654 g/mol. The number of hydrogen-bond acceptors (Lipinski definition) is 17. The Kier molecular flexibility index (Phi) is 10.4. The minimum atomic E-state index is -5.88. The van der Waals surface area contributed by atoms with Gasteiger partial charge in [-0.05, 0) is 0 Å². The largest absolute Gasteiger partial charge is 0.505 e.